The third kappa shape index (κ3) is 3.44. The summed E-state index contributed by atoms with van der Waals surface area (Å²) in [6, 6.07) is 5.04. The van der Waals surface area contributed by atoms with Crippen molar-refractivity contribution >= 4 is 11.6 Å². The molecule has 1 heterocycles. The first-order valence-electron chi connectivity index (χ1n) is 6.42. The lowest BCUT2D eigenvalue weighted by atomic mass is 10.00. The van der Waals surface area contributed by atoms with Crippen LogP contribution in [0.15, 0.2) is 18.2 Å². The highest BCUT2D eigenvalue weighted by molar-refractivity contribution is 6.30. The van der Waals surface area contributed by atoms with E-state index in [-0.39, 0.29) is 11.9 Å². The topological polar surface area (TPSA) is 23.5 Å². The average molecular weight is 272 g/mol. The minimum atomic E-state index is -0.191. The molecule has 0 aromatic heterocycles. The van der Waals surface area contributed by atoms with Crippen molar-refractivity contribution in [2.45, 2.75) is 38.3 Å². The summed E-state index contributed by atoms with van der Waals surface area (Å²) in [6.45, 7) is 3.80. The second-order valence-corrected chi connectivity index (χ2v) is 5.49. The average Bonchev–Trinajstić information content (AvgIpc) is 2.32. The molecule has 4 heteroatoms. The molecule has 2 rings (SSSR count). The molecular weight excluding hydrogens is 253 g/mol. The molecule has 0 aliphatic carbocycles. The first-order chi connectivity index (χ1) is 8.56. The molecule has 0 radical (unpaired) electrons. The van der Waals surface area contributed by atoms with E-state index in [0.717, 1.165) is 25.9 Å². The molecule has 1 saturated heterocycles. The van der Waals surface area contributed by atoms with E-state index in [0.29, 0.717) is 23.0 Å². The second kappa shape index (κ2) is 6.00. The SMILES string of the molecule is CC1CC(O)CCN1CCc1cc(Cl)ccc1F. The van der Waals surface area contributed by atoms with Crippen LogP contribution in [0.1, 0.15) is 25.3 Å². The molecule has 0 spiro atoms. The van der Waals surface area contributed by atoms with Crippen LogP contribution in [0.4, 0.5) is 4.39 Å². The van der Waals surface area contributed by atoms with E-state index < -0.39 is 0 Å². The maximum absolute atomic E-state index is 13.6. The Labute approximate surface area is 112 Å². The van der Waals surface area contributed by atoms with E-state index in [1.54, 1.807) is 12.1 Å². The van der Waals surface area contributed by atoms with Crippen LogP contribution < -0.4 is 0 Å². The van der Waals surface area contributed by atoms with Crippen LogP contribution in [0.3, 0.4) is 0 Å². The van der Waals surface area contributed by atoms with Crippen molar-refractivity contribution in [3.8, 4) is 0 Å². The molecule has 1 aromatic carbocycles. The molecule has 0 bridgehead atoms. The summed E-state index contributed by atoms with van der Waals surface area (Å²) in [6.07, 6.45) is 2.09. The molecule has 0 saturated carbocycles. The highest BCUT2D eigenvalue weighted by Crippen LogP contribution is 2.19. The third-order valence-electron chi connectivity index (χ3n) is 3.66. The lowest BCUT2D eigenvalue weighted by Crippen LogP contribution is -2.43. The molecule has 2 atom stereocenters. The highest BCUT2D eigenvalue weighted by atomic mass is 35.5. The standard InChI is InChI=1S/C14H19ClFNO/c1-10-8-13(18)5-7-17(10)6-4-11-9-12(15)2-3-14(11)16/h2-3,9-10,13,18H,4-8H2,1H3. The van der Waals surface area contributed by atoms with Crippen LogP contribution in [0, 0.1) is 5.82 Å². The number of piperidine rings is 1. The Balaban J connectivity index is 1.93. The van der Waals surface area contributed by atoms with Gasteiger partial charge in [0.2, 0.25) is 0 Å². The van der Waals surface area contributed by atoms with Gasteiger partial charge in [-0.3, -0.25) is 0 Å². The summed E-state index contributed by atoms with van der Waals surface area (Å²) >= 11 is 5.87. The van der Waals surface area contributed by atoms with E-state index >= 15 is 0 Å². The lowest BCUT2D eigenvalue weighted by molar-refractivity contribution is 0.0489. The van der Waals surface area contributed by atoms with Gasteiger partial charge in [-0.2, -0.15) is 0 Å². The molecule has 18 heavy (non-hydrogen) atoms. The van der Waals surface area contributed by atoms with E-state index in [1.807, 2.05) is 0 Å². The Hall–Kier alpha value is -0.640. The van der Waals surface area contributed by atoms with Gasteiger partial charge in [0.15, 0.2) is 0 Å². The van der Waals surface area contributed by atoms with Gasteiger partial charge >= 0.3 is 0 Å². The molecular formula is C14H19ClFNO. The predicted molar refractivity (Wildman–Crippen MR) is 71.4 cm³/mol. The first-order valence-corrected chi connectivity index (χ1v) is 6.80. The molecule has 1 aliphatic heterocycles. The lowest BCUT2D eigenvalue weighted by Gasteiger charge is -2.35. The van der Waals surface area contributed by atoms with Crippen molar-refractivity contribution in [2.24, 2.45) is 0 Å². The van der Waals surface area contributed by atoms with Gasteiger partial charge in [0.25, 0.3) is 0 Å². The zero-order valence-corrected chi connectivity index (χ0v) is 11.3. The number of aliphatic hydroxyl groups excluding tert-OH is 1. The van der Waals surface area contributed by atoms with Crippen molar-refractivity contribution in [1.29, 1.82) is 0 Å². The Morgan fingerprint density at radius 2 is 2.28 bits per heavy atom. The van der Waals surface area contributed by atoms with Crippen LogP contribution >= 0.6 is 11.6 Å². The Morgan fingerprint density at radius 1 is 1.50 bits per heavy atom. The number of nitrogens with zero attached hydrogens (tertiary/aromatic N) is 1. The Morgan fingerprint density at radius 3 is 3.00 bits per heavy atom. The summed E-state index contributed by atoms with van der Waals surface area (Å²) < 4.78 is 13.6. The zero-order chi connectivity index (χ0) is 13.1. The van der Waals surface area contributed by atoms with Crippen molar-refractivity contribution in [3.05, 3.63) is 34.6 Å². The number of aliphatic hydroxyl groups is 1. The fraction of sp³-hybridized carbons (Fsp3) is 0.571. The van der Waals surface area contributed by atoms with E-state index in [4.69, 9.17) is 11.6 Å². The largest absolute Gasteiger partial charge is 0.393 e. The molecule has 1 N–H and O–H groups in total. The maximum Gasteiger partial charge on any atom is 0.126 e. The molecule has 1 aromatic rings. The number of likely N-dealkylation sites (tertiary alicyclic amines) is 1. The number of rotatable bonds is 3. The van der Waals surface area contributed by atoms with Gasteiger partial charge in [0.1, 0.15) is 5.82 Å². The Bertz CT molecular complexity index is 413. The van der Waals surface area contributed by atoms with Crippen LogP contribution in [-0.4, -0.2) is 35.2 Å². The number of hydrogen-bond acceptors (Lipinski definition) is 2. The summed E-state index contributed by atoms with van der Waals surface area (Å²) in [5.41, 5.74) is 0.667. The number of halogens is 2. The predicted octanol–water partition coefficient (Wildman–Crippen LogP) is 2.87. The van der Waals surface area contributed by atoms with Crippen LogP contribution in [0.25, 0.3) is 0 Å². The monoisotopic (exact) mass is 271 g/mol. The summed E-state index contributed by atoms with van der Waals surface area (Å²) in [7, 11) is 0. The molecule has 2 nitrogen and oxygen atoms in total. The normalized spacial score (nSPS) is 25.3. The Kier molecular flexibility index (Phi) is 4.60. The van der Waals surface area contributed by atoms with Gasteiger partial charge in [0, 0.05) is 24.2 Å². The zero-order valence-electron chi connectivity index (χ0n) is 10.6. The summed E-state index contributed by atoms with van der Waals surface area (Å²) in [5, 5.41) is 10.1. The van der Waals surface area contributed by atoms with E-state index in [2.05, 4.69) is 11.8 Å². The van der Waals surface area contributed by atoms with Gasteiger partial charge in [-0.1, -0.05) is 11.6 Å². The summed E-state index contributed by atoms with van der Waals surface area (Å²) in [5.74, 6) is -0.191. The third-order valence-corrected chi connectivity index (χ3v) is 3.90. The van der Waals surface area contributed by atoms with Gasteiger partial charge in [-0.25, -0.2) is 4.39 Å². The van der Waals surface area contributed by atoms with Gasteiger partial charge in [0.05, 0.1) is 6.10 Å². The van der Waals surface area contributed by atoms with Crippen LogP contribution in [0.5, 0.6) is 0 Å². The van der Waals surface area contributed by atoms with Gasteiger partial charge in [-0.15, -0.1) is 0 Å². The number of hydrogen-bond donors (Lipinski definition) is 1. The second-order valence-electron chi connectivity index (χ2n) is 5.05. The van der Waals surface area contributed by atoms with E-state index in [1.165, 1.54) is 6.07 Å². The molecule has 1 fully saturated rings. The molecule has 2 unspecified atom stereocenters. The van der Waals surface area contributed by atoms with Crippen LogP contribution in [-0.2, 0) is 6.42 Å². The molecule has 0 amide bonds. The minimum Gasteiger partial charge on any atom is -0.393 e. The van der Waals surface area contributed by atoms with Crippen LogP contribution in [0.2, 0.25) is 5.02 Å². The van der Waals surface area contributed by atoms with Gasteiger partial charge < -0.3 is 10.0 Å². The number of benzene rings is 1. The smallest absolute Gasteiger partial charge is 0.126 e. The van der Waals surface area contributed by atoms with Crippen molar-refractivity contribution in [3.63, 3.8) is 0 Å². The maximum atomic E-state index is 13.6. The fourth-order valence-electron chi connectivity index (χ4n) is 2.53. The van der Waals surface area contributed by atoms with Gasteiger partial charge in [-0.05, 0) is 49.9 Å². The fourth-order valence-corrected chi connectivity index (χ4v) is 2.72. The molecule has 100 valence electrons. The van der Waals surface area contributed by atoms with E-state index in [9.17, 15) is 9.50 Å². The minimum absolute atomic E-state index is 0.181. The van der Waals surface area contributed by atoms with Crippen molar-refractivity contribution in [2.75, 3.05) is 13.1 Å². The quantitative estimate of drug-likeness (QED) is 0.914. The van der Waals surface area contributed by atoms with Crippen molar-refractivity contribution < 1.29 is 9.50 Å². The first kappa shape index (κ1) is 13.8. The molecule has 1 aliphatic rings. The summed E-state index contributed by atoms with van der Waals surface area (Å²) in [4.78, 5) is 2.30. The highest BCUT2D eigenvalue weighted by Gasteiger charge is 2.23. The van der Waals surface area contributed by atoms with Crippen molar-refractivity contribution in [1.82, 2.24) is 4.90 Å².